The monoisotopic (exact) mass is 222 g/mol. The predicted molar refractivity (Wildman–Crippen MR) is 64.3 cm³/mol. The molecule has 0 amide bonds. The third-order valence-corrected chi connectivity index (χ3v) is 3.24. The van der Waals surface area contributed by atoms with Crippen LogP contribution in [0.1, 0.15) is 38.4 Å². The number of rotatable bonds is 3. The van der Waals surface area contributed by atoms with Crippen LogP contribution in [0, 0.1) is 5.92 Å². The Morgan fingerprint density at radius 3 is 2.94 bits per heavy atom. The zero-order chi connectivity index (χ0) is 11.5. The fraction of sp³-hybridized carbons (Fsp3) is 0.833. The number of piperidine rings is 1. The molecule has 0 aromatic carbocycles. The minimum Gasteiger partial charge on any atom is -0.320 e. The Labute approximate surface area is 97.7 Å². The third kappa shape index (κ3) is 2.61. The van der Waals surface area contributed by atoms with E-state index in [1.165, 1.54) is 25.9 Å². The minimum atomic E-state index is 0.569. The van der Waals surface area contributed by atoms with Gasteiger partial charge < -0.3 is 9.47 Å². The molecule has 0 N–H and O–H groups in total. The van der Waals surface area contributed by atoms with Gasteiger partial charge in [0.25, 0.3) is 0 Å². The zero-order valence-corrected chi connectivity index (χ0v) is 10.6. The molecule has 2 rings (SSSR count). The summed E-state index contributed by atoms with van der Waals surface area (Å²) in [5, 5.41) is 8.22. The average Bonchev–Trinajstić information content (AvgIpc) is 2.64. The van der Waals surface area contributed by atoms with Gasteiger partial charge in [0, 0.05) is 26.1 Å². The molecule has 4 heteroatoms. The Morgan fingerprint density at radius 2 is 2.31 bits per heavy atom. The summed E-state index contributed by atoms with van der Waals surface area (Å²) in [5.74, 6) is 2.46. The Hall–Kier alpha value is -0.900. The molecule has 1 unspecified atom stereocenters. The quantitative estimate of drug-likeness (QED) is 0.780. The second-order valence-electron chi connectivity index (χ2n) is 5.29. The average molecular weight is 222 g/mol. The highest BCUT2D eigenvalue weighted by Gasteiger charge is 2.24. The first-order valence-corrected chi connectivity index (χ1v) is 6.23. The molecule has 4 nitrogen and oxygen atoms in total. The molecular formula is C12H22N4. The van der Waals surface area contributed by atoms with E-state index in [0.29, 0.717) is 5.92 Å². The van der Waals surface area contributed by atoms with Gasteiger partial charge in [-0.25, -0.2) is 0 Å². The molecule has 0 saturated carbocycles. The number of aryl methyl sites for hydroxylation is 1. The first-order valence-electron chi connectivity index (χ1n) is 6.23. The number of aromatic nitrogens is 3. The van der Waals surface area contributed by atoms with Gasteiger partial charge in [-0.05, 0) is 25.3 Å². The molecule has 0 aliphatic carbocycles. The Morgan fingerprint density at radius 1 is 1.50 bits per heavy atom. The van der Waals surface area contributed by atoms with Gasteiger partial charge in [-0.2, -0.15) is 0 Å². The molecule has 1 aliphatic rings. The molecule has 0 radical (unpaired) electrons. The minimum absolute atomic E-state index is 0.569. The summed E-state index contributed by atoms with van der Waals surface area (Å²) in [4.78, 5) is 2.56. The summed E-state index contributed by atoms with van der Waals surface area (Å²) in [6.07, 6.45) is 4.34. The van der Waals surface area contributed by atoms with E-state index < -0.39 is 0 Å². The van der Waals surface area contributed by atoms with Gasteiger partial charge in [-0.1, -0.05) is 13.8 Å². The number of hydrogen-bond acceptors (Lipinski definition) is 3. The lowest BCUT2D eigenvalue weighted by atomic mass is 9.96. The van der Waals surface area contributed by atoms with E-state index in [2.05, 4.69) is 33.5 Å². The summed E-state index contributed by atoms with van der Waals surface area (Å²) in [5.41, 5.74) is 0. The number of likely N-dealkylation sites (tertiary alicyclic amines) is 1. The highest BCUT2D eigenvalue weighted by molar-refractivity contribution is 4.99. The molecule has 1 atom stereocenters. The molecule has 2 heterocycles. The maximum atomic E-state index is 4.24. The van der Waals surface area contributed by atoms with Crippen LogP contribution in [0.4, 0.5) is 0 Å². The molecular weight excluding hydrogens is 200 g/mol. The van der Waals surface area contributed by atoms with Crippen molar-refractivity contribution in [1.29, 1.82) is 0 Å². The van der Waals surface area contributed by atoms with Crippen molar-refractivity contribution in [1.82, 2.24) is 19.7 Å². The summed E-state index contributed by atoms with van der Waals surface area (Å²) in [6.45, 7) is 8.16. The maximum absolute atomic E-state index is 4.24. The molecule has 16 heavy (non-hydrogen) atoms. The molecule has 1 saturated heterocycles. The van der Waals surface area contributed by atoms with Gasteiger partial charge in [0.1, 0.15) is 12.2 Å². The molecule has 1 aromatic rings. The standard InChI is InChI=1S/C12H22N4/c1-10(2)7-16-6-4-5-11(8-16)12-14-13-9-15(12)3/h9-11H,4-8H2,1-3H3. The zero-order valence-electron chi connectivity index (χ0n) is 10.6. The van der Waals surface area contributed by atoms with Crippen molar-refractivity contribution >= 4 is 0 Å². The van der Waals surface area contributed by atoms with Gasteiger partial charge in [0.05, 0.1) is 0 Å². The van der Waals surface area contributed by atoms with Crippen LogP contribution in [0.2, 0.25) is 0 Å². The molecule has 1 aliphatic heterocycles. The Kier molecular flexibility index (Phi) is 3.59. The fourth-order valence-electron chi connectivity index (χ4n) is 2.61. The maximum Gasteiger partial charge on any atom is 0.136 e. The molecule has 90 valence electrons. The van der Waals surface area contributed by atoms with Crippen LogP contribution < -0.4 is 0 Å². The van der Waals surface area contributed by atoms with Crippen molar-refractivity contribution in [3.63, 3.8) is 0 Å². The van der Waals surface area contributed by atoms with Crippen LogP contribution in [-0.4, -0.2) is 39.3 Å². The van der Waals surface area contributed by atoms with Crippen molar-refractivity contribution in [2.24, 2.45) is 13.0 Å². The summed E-state index contributed by atoms with van der Waals surface area (Å²) < 4.78 is 2.06. The highest BCUT2D eigenvalue weighted by atomic mass is 15.3. The molecule has 1 fully saturated rings. The van der Waals surface area contributed by atoms with E-state index in [4.69, 9.17) is 0 Å². The van der Waals surface area contributed by atoms with E-state index in [1.54, 1.807) is 6.33 Å². The van der Waals surface area contributed by atoms with Crippen molar-refractivity contribution in [3.05, 3.63) is 12.2 Å². The molecule has 0 spiro atoms. The van der Waals surface area contributed by atoms with Crippen molar-refractivity contribution in [3.8, 4) is 0 Å². The Bertz CT molecular complexity index is 332. The smallest absolute Gasteiger partial charge is 0.136 e. The van der Waals surface area contributed by atoms with Crippen LogP contribution in [-0.2, 0) is 7.05 Å². The second-order valence-corrected chi connectivity index (χ2v) is 5.29. The van der Waals surface area contributed by atoms with E-state index in [0.717, 1.165) is 18.3 Å². The number of hydrogen-bond donors (Lipinski definition) is 0. The SMILES string of the molecule is CC(C)CN1CCCC(c2nncn2C)C1. The fourth-order valence-corrected chi connectivity index (χ4v) is 2.61. The topological polar surface area (TPSA) is 34.0 Å². The van der Waals surface area contributed by atoms with Gasteiger partial charge in [0.15, 0.2) is 0 Å². The molecule has 1 aromatic heterocycles. The summed E-state index contributed by atoms with van der Waals surface area (Å²) in [6, 6.07) is 0. The van der Waals surface area contributed by atoms with Crippen LogP contribution in [0.3, 0.4) is 0 Å². The highest BCUT2D eigenvalue weighted by Crippen LogP contribution is 2.25. The summed E-state index contributed by atoms with van der Waals surface area (Å²) >= 11 is 0. The Balaban J connectivity index is 1.99. The normalized spacial score (nSPS) is 22.9. The first kappa shape index (κ1) is 11.6. The van der Waals surface area contributed by atoms with Crippen molar-refractivity contribution < 1.29 is 0 Å². The van der Waals surface area contributed by atoms with Gasteiger partial charge in [0.2, 0.25) is 0 Å². The van der Waals surface area contributed by atoms with E-state index in [9.17, 15) is 0 Å². The van der Waals surface area contributed by atoms with E-state index >= 15 is 0 Å². The van der Waals surface area contributed by atoms with Crippen LogP contribution >= 0.6 is 0 Å². The van der Waals surface area contributed by atoms with Gasteiger partial charge >= 0.3 is 0 Å². The summed E-state index contributed by atoms with van der Waals surface area (Å²) in [7, 11) is 2.04. The van der Waals surface area contributed by atoms with Gasteiger partial charge in [-0.15, -0.1) is 10.2 Å². The molecule has 0 bridgehead atoms. The number of nitrogens with zero attached hydrogens (tertiary/aromatic N) is 4. The lowest BCUT2D eigenvalue weighted by molar-refractivity contribution is 0.183. The van der Waals surface area contributed by atoms with Gasteiger partial charge in [-0.3, -0.25) is 0 Å². The van der Waals surface area contributed by atoms with E-state index in [1.807, 2.05) is 7.05 Å². The third-order valence-electron chi connectivity index (χ3n) is 3.24. The first-order chi connectivity index (χ1) is 7.66. The van der Waals surface area contributed by atoms with Crippen LogP contribution in [0.15, 0.2) is 6.33 Å². The second kappa shape index (κ2) is 4.95. The van der Waals surface area contributed by atoms with Crippen LogP contribution in [0.5, 0.6) is 0 Å². The lowest BCUT2D eigenvalue weighted by Gasteiger charge is -2.33. The predicted octanol–water partition coefficient (Wildman–Crippen LogP) is 1.65. The largest absolute Gasteiger partial charge is 0.320 e. The lowest BCUT2D eigenvalue weighted by Crippen LogP contribution is -2.37. The van der Waals surface area contributed by atoms with Crippen molar-refractivity contribution in [2.45, 2.75) is 32.6 Å². The van der Waals surface area contributed by atoms with Crippen molar-refractivity contribution in [2.75, 3.05) is 19.6 Å². The van der Waals surface area contributed by atoms with E-state index in [-0.39, 0.29) is 0 Å². The van der Waals surface area contributed by atoms with Crippen LogP contribution in [0.25, 0.3) is 0 Å².